The van der Waals surface area contributed by atoms with Crippen molar-refractivity contribution in [3.63, 3.8) is 0 Å². The molecule has 2 nitrogen and oxygen atoms in total. The lowest BCUT2D eigenvalue weighted by molar-refractivity contribution is -0.317. The average Bonchev–Trinajstić information content (AvgIpc) is 1.59. The molecule has 0 spiro atoms. The quantitative estimate of drug-likeness (QED) is 0.543. The summed E-state index contributed by atoms with van der Waals surface area (Å²) in [6.07, 6.45) is -3.78. The summed E-state index contributed by atoms with van der Waals surface area (Å²) in [4.78, 5) is 9.10. The van der Waals surface area contributed by atoms with Crippen molar-refractivity contribution >= 4 is 6.29 Å². The van der Waals surface area contributed by atoms with Crippen LogP contribution in [-0.2, 0) is 9.53 Å². The summed E-state index contributed by atoms with van der Waals surface area (Å²) in [5.41, 5.74) is 0. The van der Waals surface area contributed by atoms with Gasteiger partial charge in [-0.25, -0.2) is 0 Å². The van der Waals surface area contributed by atoms with Crippen molar-refractivity contribution in [1.29, 1.82) is 0 Å². The monoisotopic (exact) mass is 127 g/mol. The van der Waals surface area contributed by atoms with Gasteiger partial charge in [0.1, 0.15) is 6.61 Å². The molecule has 0 rings (SSSR count). The van der Waals surface area contributed by atoms with E-state index in [-0.39, 0.29) is 0 Å². The third-order valence-electron chi connectivity index (χ3n) is 0.295. The summed E-state index contributed by atoms with van der Waals surface area (Å²) in [5, 5.41) is 0. The minimum Gasteiger partial charge on any atom is -0.288 e. The Bertz CT molecular complexity index is 77.1. The third kappa shape index (κ3) is 5.42. The molecule has 0 fully saturated rings. The predicted molar refractivity (Wildman–Crippen MR) is 17.7 cm³/mol. The molecular formula is C3H2F3O2. The molecule has 0 aromatic heterocycles. The zero-order valence-corrected chi connectivity index (χ0v) is 3.66. The van der Waals surface area contributed by atoms with E-state index in [0.29, 0.717) is 0 Å². The number of alkyl halides is 3. The first kappa shape index (κ1) is 7.42. The lowest BCUT2D eigenvalue weighted by Crippen LogP contribution is -2.14. The van der Waals surface area contributed by atoms with Crippen molar-refractivity contribution in [2.75, 3.05) is 6.61 Å². The largest absolute Gasteiger partial charge is 0.522 e. The van der Waals surface area contributed by atoms with Crippen molar-refractivity contribution in [2.45, 2.75) is 6.36 Å². The smallest absolute Gasteiger partial charge is 0.288 e. The van der Waals surface area contributed by atoms with E-state index in [2.05, 4.69) is 4.74 Å². The molecule has 0 aliphatic heterocycles. The summed E-state index contributed by atoms with van der Waals surface area (Å²) in [7, 11) is 0. The van der Waals surface area contributed by atoms with E-state index >= 15 is 0 Å². The number of hydrogen-bond donors (Lipinski definition) is 0. The molecule has 0 saturated heterocycles. The van der Waals surface area contributed by atoms with E-state index < -0.39 is 13.0 Å². The fourth-order valence-corrected chi connectivity index (χ4v) is 0.111. The van der Waals surface area contributed by atoms with Crippen LogP contribution in [0.3, 0.4) is 0 Å². The molecule has 0 heterocycles. The van der Waals surface area contributed by atoms with E-state index in [9.17, 15) is 13.2 Å². The van der Waals surface area contributed by atoms with Crippen molar-refractivity contribution < 1.29 is 22.7 Å². The molecule has 1 radical (unpaired) electrons. The summed E-state index contributed by atoms with van der Waals surface area (Å²) in [6, 6.07) is 0. The summed E-state index contributed by atoms with van der Waals surface area (Å²) in [6.45, 7) is -1.05. The Labute approximate surface area is 43.2 Å². The number of halogens is 3. The highest BCUT2D eigenvalue weighted by atomic mass is 19.4. The molecule has 0 atom stereocenters. The first-order valence-electron chi connectivity index (χ1n) is 1.62. The molecule has 0 saturated carbocycles. The van der Waals surface area contributed by atoms with Crippen LogP contribution in [-0.4, -0.2) is 19.3 Å². The Morgan fingerprint density at radius 3 is 2.12 bits per heavy atom. The molecule has 0 amide bonds. The zero-order valence-electron chi connectivity index (χ0n) is 3.66. The second-order valence-corrected chi connectivity index (χ2v) is 0.879. The fourth-order valence-electron chi connectivity index (χ4n) is 0.111. The van der Waals surface area contributed by atoms with Crippen LogP contribution < -0.4 is 0 Å². The van der Waals surface area contributed by atoms with E-state index in [1.54, 1.807) is 0 Å². The molecule has 0 bridgehead atoms. The number of ether oxygens (including phenoxy) is 1. The van der Waals surface area contributed by atoms with E-state index in [0.717, 1.165) is 6.29 Å². The number of rotatable bonds is 2. The van der Waals surface area contributed by atoms with E-state index in [4.69, 9.17) is 4.79 Å². The minimum absolute atomic E-state index is 0.932. The van der Waals surface area contributed by atoms with Crippen LogP contribution in [0.5, 0.6) is 0 Å². The van der Waals surface area contributed by atoms with Crippen LogP contribution in [0.1, 0.15) is 0 Å². The Hall–Kier alpha value is -0.580. The maximum Gasteiger partial charge on any atom is 0.522 e. The van der Waals surface area contributed by atoms with Crippen molar-refractivity contribution in [3.8, 4) is 0 Å². The van der Waals surface area contributed by atoms with Gasteiger partial charge in [-0.2, -0.15) is 0 Å². The Kier molecular flexibility index (Phi) is 2.47. The topological polar surface area (TPSA) is 26.3 Å². The Balaban J connectivity index is 3.24. The molecule has 47 valence electrons. The van der Waals surface area contributed by atoms with Crippen LogP contribution >= 0.6 is 0 Å². The third-order valence-corrected chi connectivity index (χ3v) is 0.295. The Morgan fingerprint density at radius 1 is 1.50 bits per heavy atom. The summed E-state index contributed by atoms with van der Waals surface area (Å²) >= 11 is 0. The molecule has 0 aliphatic carbocycles. The molecule has 0 aliphatic rings. The van der Waals surface area contributed by atoms with Crippen molar-refractivity contribution in [2.24, 2.45) is 0 Å². The highest BCUT2D eigenvalue weighted by Gasteiger charge is 2.28. The second-order valence-electron chi connectivity index (χ2n) is 0.879. The number of carbonyl (C=O) groups excluding carboxylic acids is 1. The van der Waals surface area contributed by atoms with Crippen LogP contribution in [0.2, 0.25) is 0 Å². The highest BCUT2D eigenvalue weighted by Crippen LogP contribution is 2.14. The summed E-state index contributed by atoms with van der Waals surface area (Å²) < 4.78 is 35.5. The molecule has 0 aromatic rings. The number of hydrogen-bond acceptors (Lipinski definition) is 2. The molecule has 0 N–H and O–H groups in total. The van der Waals surface area contributed by atoms with Gasteiger partial charge in [0.15, 0.2) is 0 Å². The fraction of sp³-hybridized carbons (Fsp3) is 0.667. The molecule has 8 heavy (non-hydrogen) atoms. The second kappa shape index (κ2) is 2.66. The van der Waals surface area contributed by atoms with Gasteiger partial charge >= 0.3 is 6.36 Å². The Morgan fingerprint density at radius 2 is 2.00 bits per heavy atom. The first-order valence-corrected chi connectivity index (χ1v) is 1.62. The lowest BCUT2D eigenvalue weighted by Gasteiger charge is -2.00. The van der Waals surface area contributed by atoms with Crippen LogP contribution in [0, 0.1) is 0 Å². The zero-order chi connectivity index (χ0) is 6.62. The summed E-state index contributed by atoms with van der Waals surface area (Å²) in [5.74, 6) is 0. The van der Waals surface area contributed by atoms with Gasteiger partial charge in [-0.05, 0) is 0 Å². The van der Waals surface area contributed by atoms with Crippen molar-refractivity contribution in [1.82, 2.24) is 0 Å². The van der Waals surface area contributed by atoms with Gasteiger partial charge in [-0.3, -0.25) is 9.53 Å². The van der Waals surface area contributed by atoms with Crippen LogP contribution in [0.4, 0.5) is 13.2 Å². The van der Waals surface area contributed by atoms with Gasteiger partial charge < -0.3 is 0 Å². The van der Waals surface area contributed by atoms with Crippen LogP contribution in [0.25, 0.3) is 0 Å². The molecule has 0 unspecified atom stereocenters. The lowest BCUT2D eigenvalue weighted by atomic mass is 10.8. The highest BCUT2D eigenvalue weighted by molar-refractivity contribution is 5.51. The van der Waals surface area contributed by atoms with Gasteiger partial charge in [0.25, 0.3) is 0 Å². The maximum atomic E-state index is 10.8. The van der Waals surface area contributed by atoms with Gasteiger partial charge in [0.2, 0.25) is 6.29 Å². The van der Waals surface area contributed by atoms with E-state index in [1.807, 2.05) is 0 Å². The van der Waals surface area contributed by atoms with Crippen LogP contribution in [0.15, 0.2) is 0 Å². The molecular weight excluding hydrogens is 125 g/mol. The van der Waals surface area contributed by atoms with E-state index in [1.165, 1.54) is 0 Å². The van der Waals surface area contributed by atoms with Gasteiger partial charge in [0.05, 0.1) is 0 Å². The maximum absolute atomic E-state index is 10.8. The minimum atomic E-state index is -4.71. The molecule has 5 heteroatoms. The first-order chi connectivity index (χ1) is 3.56. The molecule has 0 aromatic carbocycles. The van der Waals surface area contributed by atoms with Gasteiger partial charge in [0, 0.05) is 0 Å². The van der Waals surface area contributed by atoms with Gasteiger partial charge in [-0.1, -0.05) is 0 Å². The van der Waals surface area contributed by atoms with Crippen molar-refractivity contribution in [3.05, 3.63) is 0 Å². The normalized spacial score (nSPS) is 11.4. The predicted octanol–water partition coefficient (Wildman–Crippen LogP) is 0.632. The standard InChI is InChI=1S/C3H2F3O2/c4-3(5,6)8-2-1-7/h2H2. The average molecular weight is 127 g/mol. The van der Waals surface area contributed by atoms with Gasteiger partial charge in [-0.15, -0.1) is 13.2 Å². The SMILES string of the molecule is O=[C]COC(F)(F)F.